The van der Waals surface area contributed by atoms with Gasteiger partial charge >= 0.3 is 0 Å². The SMILES string of the molecule is COCc1nc2n(n1)CCC[C@H]2NS(=O)(=O)CC1CCC1. The van der Waals surface area contributed by atoms with Gasteiger partial charge in [-0.1, -0.05) is 6.42 Å². The highest BCUT2D eigenvalue weighted by Gasteiger charge is 2.30. The normalized spacial score (nSPS) is 22.8. The summed E-state index contributed by atoms with van der Waals surface area (Å²) in [6, 6.07) is -0.262. The van der Waals surface area contributed by atoms with Crippen LogP contribution in [-0.4, -0.2) is 36.0 Å². The molecule has 1 fully saturated rings. The fourth-order valence-corrected chi connectivity index (χ4v) is 4.64. The van der Waals surface area contributed by atoms with Crippen LogP contribution in [-0.2, 0) is 27.9 Å². The summed E-state index contributed by atoms with van der Waals surface area (Å²) in [6.45, 7) is 1.13. The Balaban J connectivity index is 1.71. The maximum absolute atomic E-state index is 12.3. The van der Waals surface area contributed by atoms with Crippen molar-refractivity contribution in [1.82, 2.24) is 19.5 Å². The standard InChI is InChI=1S/C13H22N4O3S/c1-20-8-12-14-13-11(6-3-7-17(13)15-12)16-21(18,19)9-10-4-2-5-10/h10-11,16H,2-9H2,1H3/t11-/m1/s1. The lowest BCUT2D eigenvalue weighted by Gasteiger charge is -2.27. The first-order valence-corrected chi connectivity index (χ1v) is 9.15. The van der Waals surface area contributed by atoms with E-state index in [2.05, 4.69) is 14.8 Å². The van der Waals surface area contributed by atoms with Gasteiger partial charge in [-0.25, -0.2) is 22.8 Å². The maximum atomic E-state index is 12.3. The molecule has 7 nitrogen and oxygen atoms in total. The zero-order valence-corrected chi connectivity index (χ0v) is 13.1. The van der Waals surface area contributed by atoms with Gasteiger partial charge in [-0.15, -0.1) is 0 Å². The Hall–Kier alpha value is -0.990. The molecule has 0 unspecified atom stereocenters. The summed E-state index contributed by atoms with van der Waals surface area (Å²) in [6.07, 6.45) is 4.88. The van der Waals surface area contributed by atoms with Crippen LogP contribution in [0.25, 0.3) is 0 Å². The zero-order valence-electron chi connectivity index (χ0n) is 12.3. The molecular weight excluding hydrogens is 292 g/mol. The largest absolute Gasteiger partial charge is 0.377 e. The Kier molecular flexibility index (Phi) is 4.28. The lowest BCUT2D eigenvalue weighted by Crippen LogP contribution is -2.37. The van der Waals surface area contributed by atoms with Gasteiger partial charge in [0.05, 0.1) is 11.8 Å². The van der Waals surface area contributed by atoms with Crippen molar-refractivity contribution in [2.24, 2.45) is 5.92 Å². The van der Waals surface area contributed by atoms with Gasteiger partial charge in [-0.3, -0.25) is 0 Å². The van der Waals surface area contributed by atoms with Gasteiger partial charge in [0.25, 0.3) is 0 Å². The molecule has 1 aliphatic carbocycles. The minimum atomic E-state index is -3.25. The smallest absolute Gasteiger partial charge is 0.212 e. The Morgan fingerprint density at radius 2 is 2.14 bits per heavy atom. The van der Waals surface area contributed by atoms with E-state index < -0.39 is 10.0 Å². The van der Waals surface area contributed by atoms with Crippen molar-refractivity contribution in [1.29, 1.82) is 0 Å². The predicted octanol–water partition coefficient (Wildman–Crippen LogP) is 0.979. The van der Waals surface area contributed by atoms with E-state index in [1.165, 1.54) is 0 Å². The molecule has 118 valence electrons. The van der Waals surface area contributed by atoms with Crippen LogP contribution in [0.4, 0.5) is 0 Å². The number of fused-ring (bicyclic) bond motifs is 1. The van der Waals surface area contributed by atoms with Crippen molar-refractivity contribution in [2.75, 3.05) is 12.9 Å². The van der Waals surface area contributed by atoms with Crippen molar-refractivity contribution in [3.8, 4) is 0 Å². The van der Waals surface area contributed by atoms with E-state index in [4.69, 9.17) is 4.74 Å². The molecular formula is C13H22N4O3S. The van der Waals surface area contributed by atoms with Gasteiger partial charge in [-0.05, 0) is 31.6 Å². The van der Waals surface area contributed by atoms with Gasteiger partial charge in [-0.2, -0.15) is 5.10 Å². The first-order chi connectivity index (χ1) is 10.1. The summed E-state index contributed by atoms with van der Waals surface area (Å²) in [5.41, 5.74) is 0. The number of nitrogens with one attached hydrogen (secondary N) is 1. The number of aryl methyl sites for hydroxylation is 1. The molecule has 0 saturated heterocycles. The number of hydrogen-bond donors (Lipinski definition) is 1. The zero-order chi connectivity index (χ0) is 14.9. The highest BCUT2D eigenvalue weighted by Crippen LogP contribution is 2.29. The second-order valence-corrected chi connectivity index (χ2v) is 7.73. The third kappa shape index (κ3) is 3.44. The minimum absolute atomic E-state index is 0.239. The molecule has 1 aromatic heterocycles. The van der Waals surface area contributed by atoms with E-state index in [0.29, 0.717) is 24.2 Å². The molecule has 0 aromatic carbocycles. The second-order valence-electron chi connectivity index (χ2n) is 5.93. The van der Waals surface area contributed by atoms with Crippen molar-refractivity contribution in [3.63, 3.8) is 0 Å². The third-order valence-corrected chi connectivity index (χ3v) is 5.75. The molecule has 0 radical (unpaired) electrons. The molecule has 8 heteroatoms. The number of sulfonamides is 1. The molecule has 1 aliphatic heterocycles. The Labute approximate surface area is 125 Å². The monoisotopic (exact) mass is 314 g/mol. The van der Waals surface area contributed by atoms with Gasteiger partial charge in [0.15, 0.2) is 5.82 Å². The average molecular weight is 314 g/mol. The molecule has 0 spiro atoms. The van der Waals surface area contributed by atoms with Crippen LogP contribution < -0.4 is 4.72 Å². The Bertz CT molecular complexity index is 595. The minimum Gasteiger partial charge on any atom is -0.377 e. The fraction of sp³-hybridized carbons (Fsp3) is 0.846. The Morgan fingerprint density at radius 3 is 2.81 bits per heavy atom. The van der Waals surface area contributed by atoms with E-state index in [1.807, 2.05) is 0 Å². The highest BCUT2D eigenvalue weighted by molar-refractivity contribution is 7.89. The fourth-order valence-electron chi connectivity index (χ4n) is 2.94. The first kappa shape index (κ1) is 14.9. The van der Waals surface area contributed by atoms with Crippen LogP contribution in [0.5, 0.6) is 0 Å². The van der Waals surface area contributed by atoms with Crippen LogP contribution in [0, 0.1) is 5.92 Å². The predicted molar refractivity (Wildman–Crippen MR) is 77.0 cm³/mol. The van der Waals surface area contributed by atoms with Crippen LogP contribution in [0.15, 0.2) is 0 Å². The molecule has 1 atom stereocenters. The Morgan fingerprint density at radius 1 is 1.33 bits per heavy atom. The molecule has 2 aliphatic rings. The summed E-state index contributed by atoms with van der Waals surface area (Å²) in [7, 11) is -1.65. The first-order valence-electron chi connectivity index (χ1n) is 7.50. The molecule has 1 saturated carbocycles. The number of ether oxygens (including phenoxy) is 1. The van der Waals surface area contributed by atoms with Crippen LogP contribution in [0.1, 0.15) is 49.8 Å². The van der Waals surface area contributed by atoms with Crippen molar-refractivity contribution in [3.05, 3.63) is 11.6 Å². The summed E-state index contributed by atoms with van der Waals surface area (Å²) in [5.74, 6) is 1.89. The van der Waals surface area contributed by atoms with E-state index in [1.54, 1.807) is 11.8 Å². The quantitative estimate of drug-likeness (QED) is 0.846. The number of aromatic nitrogens is 3. The number of hydrogen-bond acceptors (Lipinski definition) is 5. The van der Waals surface area contributed by atoms with Gasteiger partial charge in [0.1, 0.15) is 12.4 Å². The lowest BCUT2D eigenvalue weighted by atomic mass is 9.87. The number of rotatable bonds is 6. The van der Waals surface area contributed by atoms with Crippen LogP contribution in [0.2, 0.25) is 0 Å². The van der Waals surface area contributed by atoms with Crippen molar-refractivity contribution < 1.29 is 13.2 Å². The van der Waals surface area contributed by atoms with Crippen LogP contribution >= 0.6 is 0 Å². The molecule has 0 amide bonds. The van der Waals surface area contributed by atoms with E-state index in [9.17, 15) is 8.42 Å². The lowest BCUT2D eigenvalue weighted by molar-refractivity contribution is 0.177. The summed E-state index contributed by atoms with van der Waals surface area (Å²) >= 11 is 0. The van der Waals surface area contributed by atoms with Gasteiger partial charge in [0.2, 0.25) is 10.0 Å². The van der Waals surface area contributed by atoms with Gasteiger partial charge in [0, 0.05) is 13.7 Å². The number of methoxy groups -OCH3 is 1. The molecule has 0 bridgehead atoms. The molecule has 3 rings (SSSR count). The van der Waals surface area contributed by atoms with E-state index in [-0.39, 0.29) is 11.8 Å². The third-order valence-electron chi connectivity index (χ3n) is 4.19. The second kappa shape index (κ2) is 6.02. The summed E-state index contributed by atoms with van der Waals surface area (Å²) in [4.78, 5) is 4.42. The van der Waals surface area contributed by atoms with E-state index >= 15 is 0 Å². The topological polar surface area (TPSA) is 86.1 Å². The van der Waals surface area contributed by atoms with Crippen molar-refractivity contribution in [2.45, 2.75) is 51.3 Å². The number of nitrogens with zero attached hydrogens (tertiary/aromatic N) is 3. The molecule has 1 N–H and O–H groups in total. The van der Waals surface area contributed by atoms with Crippen LogP contribution in [0.3, 0.4) is 0 Å². The van der Waals surface area contributed by atoms with Gasteiger partial charge < -0.3 is 4.74 Å². The van der Waals surface area contributed by atoms with E-state index in [0.717, 1.165) is 38.6 Å². The molecule has 2 heterocycles. The summed E-state index contributed by atoms with van der Waals surface area (Å²) in [5, 5.41) is 4.35. The average Bonchev–Trinajstić information content (AvgIpc) is 2.78. The summed E-state index contributed by atoms with van der Waals surface area (Å²) < 4.78 is 34.2. The molecule has 1 aromatic rings. The highest BCUT2D eigenvalue weighted by atomic mass is 32.2. The van der Waals surface area contributed by atoms with Crippen molar-refractivity contribution >= 4 is 10.0 Å². The molecule has 21 heavy (non-hydrogen) atoms. The maximum Gasteiger partial charge on any atom is 0.212 e.